The smallest absolute Gasteiger partial charge is 0.280 e. The molecule has 7 nitrogen and oxygen atoms in total. The fourth-order valence-corrected chi connectivity index (χ4v) is 1.37. The van der Waals surface area contributed by atoms with Crippen molar-refractivity contribution < 1.29 is 9.53 Å². The second-order valence-electron chi connectivity index (χ2n) is 3.12. The molecule has 0 aliphatic heterocycles. The summed E-state index contributed by atoms with van der Waals surface area (Å²) in [6, 6.07) is 0. The summed E-state index contributed by atoms with van der Waals surface area (Å²) in [5, 5.41) is 11.3. The van der Waals surface area contributed by atoms with E-state index in [1.807, 2.05) is 0 Å². The quantitative estimate of drug-likeness (QED) is 0.628. The number of nitrogens with one attached hydrogen (secondary N) is 3. The molecule has 0 unspecified atom stereocenters. The first kappa shape index (κ1) is 13.7. The number of hydrogen-bond acceptors (Lipinski definition) is 5. The lowest BCUT2D eigenvalue weighted by Gasteiger charge is -2.07. The molecule has 0 aromatic carbocycles. The standard InChI is InChI=1S/C9H13BrN4O3/c1-17-3-2-11-7(15)5-12-6-4-13-14-9(16)8(6)10/h4H,2-3,5H2,1H3,(H,11,15)(H2,12,14,16). The van der Waals surface area contributed by atoms with Crippen molar-refractivity contribution in [2.75, 3.05) is 32.1 Å². The normalized spacial score (nSPS) is 10.0. The van der Waals surface area contributed by atoms with E-state index in [1.165, 1.54) is 6.20 Å². The number of halogens is 1. The monoisotopic (exact) mass is 304 g/mol. The zero-order valence-electron chi connectivity index (χ0n) is 9.25. The number of aromatic nitrogens is 2. The molecular formula is C9H13BrN4O3. The fourth-order valence-electron chi connectivity index (χ4n) is 1.04. The van der Waals surface area contributed by atoms with Crippen LogP contribution in [0.25, 0.3) is 0 Å². The predicted octanol–water partition coefficient (Wildman–Crippen LogP) is -0.293. The van der Waals surface area contributed by atoms with E-state index < -0.39 is 0 Å². The molecule has 8 heteroatoms. The maximum Gasteiger partial charge on any atom is 0.280 e. The topological polar surface area (TPSA) is 96.1 Å². The van der Waals surface area contributed by atoms with Gasteiger partial charge in [-0.3, -0.25) is 9.59 Å². The van der Waals surface area contributed by atoms with E-state index in [2.05, 4.69) is 36.8 Å². The summed E-state index contributed by atoms with van der Waals surface area (Å²) in [5.41, 5.74) is 0.116. The molecule has 17 heavy (non-hydrogen) atoms. The molecule has 1 aromatic heterocycles. The van der Waals surface area contributed by atoms with Gasteiger partial charge in [0.05, 0.1) is 25.0 Å². The zero-order chi connectivity index (χ0) is 12.7. The van der Waals surface area contributed by atoms with Crippen molar-refractivity contribution in [2.24, 2.45) is 0 Å². The number of rotatable bonds is 6. The Balaban J connectivity index is 2.42. The highest BCUT2D eigenvalue weighted by Gasteiger charge is 2.06. The Morgan fingerprint density at radius 1 is 1.65 bits per heavy atom. The summed E-state index contributed by atoms with van der Waals surface area (Å²) in [6.45, 7) is 0.973. The van der Waals surface area contributed by atoms with Crippen LogP contribution in [0.1, 0.15) is 0 Å². The minimum absolute atomic E-state index is 0.0629. The van der Waals surface area contributed by atoms with Crippen molar-refractivity contribution in [2.45, 2.75) is 0 Å². The molecule has 0 atom stereocenters. The molecule has 1 amide bonds. The number of hydrogen-bond donors (Lipinski definition) is 3. The molecule has 0 saturated heterocycles. The molecule has 1 rings (SSSR count). The van der Waals surface area contributed by atoms with Crippen molar-refractivity contribution in [3.8, 4) is 0 Å². The van der Waals surface area contributed by atoms with Crippen molar-refractivity contribution in [1.29, 1.82) is 0 Å². The van der Waals surface area contributed by atoms with Gasteiger partial charge < -0.3 is 15.4 Å². The van der Waals surface area contributed by atoms with Crippen LogP contribution in [-0.4, -0.2) is 42.9 Å². The molecule has 0 aliphatic carbocycles. The van der Waals surface area contributed by atoms with Crippen molar-refractivity contribution >= 4 is 27.5 Å². The van der Waals surface area contributed by atoms with Crippen molar-refractivity contribution in [3.63, 3.8) is 0 Å². The second kappa shape index (κ2) is 7.02. The highest BCUT2D eigenvalue weighted by atomic mass is 79.9. The molecule has 0 radical (unpaired) electrons. The van der Waals surface area contributed by atoms with Crippen molar-refractivity contribution in [1.82, 2.24) is 15.5 Å². The van der Waals surface area contributed by atoms with E-state index in [4.69, 9.17) is 4.74 Å². The average Bonchev–Trinajstić information content (AvgIpc) is 2.31. The molecule has 0 bridgehead atoms. The van der Waals surface area contributed by atoms with E-state index in [0.29, 0.717) is 23.3 Å². The van der Waals surface area contributed by atoms with Gasteiger partial charge in [0.1, 0.15) is 4.47 Å². The Kier molecular flexibility index (Phi) is 5.64. The van der Waals surface area contributed by atoms with E-state index in [0.717, 1.165) is 0 Å². The molecule has 1 heterocycles. The van der Waals surface area contributed by atoms with E-state index in [-0.39, 0.29) is 18.0 Å². The average molecular weight is 305 g/mol. The molecule has 0 aliphatic rings. The number of amides is 1. The van der Waals surface area contributed by atoms with Gasteiger partial charge in [0.2, 0.25) is 5.91 Å². The SMILES string of the molecule is COCCNC(=O)CNc1cn[nH]c(=O)c1Br. The number of nitrogens with zero attached hydrogens (tertiary/aromatic N) is 1. The van der Waals surface area contributed by atoms with E-state index in [1.54, 1.807) is 7.11 Å². The van der Waals surface area contributed by atoms with Gasteiger partial charge in [-0.25, -0.2) is 5.10 Å². The van der Waals surface area contributed by atoms with Crippen LogP contribution in [0.3, 0.4) is 0 Å². The van der Waals surface area contributed by atoms with Gasteiger partial charge in [0.15, 0.2) is 0 Å². The number of carbonyl (C=O) groups is 1. The number of ether oxygens (including phenoxy) is 1. The Morgan fingerprint density at radius 2 is 2.41 bits per heavy atom. The molecule has 1 aromatic rings. The van der Waals surface area contributed by atoms with Gasteiger partial charge in [0.25, 0.3) is 5.56 Å². The highest BCUT2D eigenvalue weighted by Crippen LogP contribution is 2.14. The predicted molar refractivity (Wildman–Crippen MR) is 65.9 cm³/mol. The number of carbonyl (C=O) groups excluding carboxylic acids is 1. The lowest BCUT2D eigenvalue weighted by atomic mass is 10.4. The number of H-pyrrole nitrogens is 1. The summed E-state index contributed by atoms with van der Waals surface area (Å²) in [7, 11) is 1.56. The number of aromatic amines is 1. The van der Waals surface area contributed by atoms with Crippen LogP contribution in [0.4, 0.5) is 5.69 Å². The van der Waals surface area contributed by atoms with Crippen LogP contribution >= 0.6 is 15.9 Å². The van der Waals surface area contributed by atoms with Crippen molar-refractivity contribution in [3.05, 3.63) is 21.0 Å². The van der Waals surface area contributed by atoms with Gasteiger partial charge >= 0.3 is 0 Å². The third-order valence-corrected chi connectivity index (χ3v) is 2.65. The molecule has 94 valence electrons. The number of anilines is 1. The van der Waals surface area contributed by atoms with Gasteiger partial charge in [-0.05, 0) is 15.9 Å². The summed E-state index contributed by atoms with van der Waals surface area (Å²) in [5.74, 6) is -0.186. The summed E-state index contributed by atoms with van der Waals surface area (Å²) in [6.07, 6.45) is 1.42. The largest absolute Gasteiger partial charge is 0.383 e. The highest BCUT2D eigenvalue weighted by molar-refractivity contribution is 9.10. The lowest BCUT2D eigenvalue weighted by Crippen LogP contribution is -2.32. The third kappa shape index (κ3) is 4.53. The number of methoxy groups -OCH3 is 1. The maximum atomic E-state index is 11.3. The maximum absolute atomic E-state index is 11.3. The van der Waals surface area contributed by atoms with Crippen LogP contribution in [0.2, 0.25) is 0 Å². The molecule has 0 spiro atoms. The van der Waals surface area contributed by atoms with Crippen LogP contribution in [-0.2, 0) is 9.53 Å². The second-order valence-corrected chi connectivity index (χ2v) is 3.92. The zero-order valence-corrected chi connectivity index (χ0v) is 10.8. The first-order chi connectivity index (χ1) is 8.15. The molecule has 3 N–H and O–H groups in total. The van der Waals surface area contributed by atoms with Crippen LogP contribution < -0.4 is 16.2 Å². The van der Waals surface area contributed by atoms with Gasteiger partial charge in [0, 0.05) is 13.7 Å². The van der Waals surface area contributed by atoms with Gasteiger partial charge in [-0.15, -0.1) is 0 Å². The van der Waals surface area contributed by atoms with Gasteiger partial charge in [-0.2, -0.15) is 5.10 Å². The minimum atomic E-state index is -0.352. The summed E-state index contributed by atoms with van der Waals surface area (Å²) in [4.78, 5) is 22.5. The lowest BCUT2D eigenvalue weighted by molar-refractivity contribution is -0.119. The molecular weight excluding hydrogens is 292 g/mol. The van der Waals surface area contributed by atoms with E-state index >= 15 is 0 Å². The first-order valence-corrected chi connectivity index (χ1v) is 5.67. The van der Waals surface area contributed by atoms with Crippen LogP contribution in [0, 0.1) is 0 Å². The Morgan fingerprint density at radius 3 is 3.12 bits per heavy atom. The summed E-state index contributed by atoms with van der Waals surface area (Å²) >= 11 is 3.10. The van der Waals surface area contributed by atoms with E-state index in [9.17, 15) is 9.59 Å². The third-order valence-electron chi connectivity index (χ3n) is 1.86. The minimum Gasteiger partial charge on any atom is -0.383 e. The Hall–Kier alpha value is -1.41. The molecule has 0 saturated carbocycles. The Labute approximate surface area is 106 Å². The summed E-state index contributed by atoms with van der Waals surface area (Å²) < 4.78 is 5.11. The first-order valence-electron chi connectivity index (χ1n) is 4.88. The van der Waals surface area contributed by atoms with Crippen LogP contribution in [0.15, 0.2) is 15.5 Å². The molecule has 0 fully saturated rings. The van der Waals surface area contributed by atoms with Gasteiger partial charge in [-0.1, -0.05) is 0 Å². The Bertz CT molecular complexity index is 434. The fraction of sp³-hybridized carbons (Fsp3) is 0.444. The van der Waals surface area contributed by atoms with Crippen LogP contribution in [0.5, 0.6) is 0 Å².